The minimum absolute atomic E-state index is 0.119. The van der Waals surface area contributed by atoms with Gasteiger partial charge in [-0.1, -0.05) is 30.0 Å². The van der Waals surface area contributed by atoms with Crippen LogP contribution >= 0.6 is 11.8 Å². The number of hydrogen-bond acceptors (Lipinski definition) is 4. The molecule has 0 radical (unpaired) electrons. The van der Waals surface area contributed by atoms with Gasteiger partial charge in [0.25, 0.3) is 5.91 Å². The smallest absolute Gasteiger partial charge is 0.269 e. The van der Waals surface area contributed by atoms with Gasteiger partial charge in [-0.25, -0.2) is 4.98 Å². The number of para-hydroxylation sites is 1. The van der Waals surface area contributed by atoms with Gasteiger partial charge in [-0.05, 0) is 38.7 Å². The molecule has 2 rings (SSSR count). The monoisotopic (exact) mass is 333 g/mol. The maximum atomic E-state index is 12.4. The molecule has 0 aliphatic rings. The lowest BCUT2D eigenvalue weighted by atomic mass is 10.3. The van der Waals surface area contributed by atoms with Crippen molar-refractivity contribution in [3.63, 3.8) is 0 Å². The van der Waals surface area contributed by atoms with Gasteiger partial charge in [0.2, 0.25) is 0 Å². The summed E-state index contributed by atoms with van der Waals surface area (Å²) in [6.07, 6.45) is 4.58. The van der Waals surface area contributed by atoms with Crippen LogP contribution in [0.4, 0.5) is 0 Å². The van der Waals surface area contributed by atoms with Crippen LogP contribution in [0.1, 0.15) is 30.8 Å². The zero-order valence-electron chi connectivity index (χ0n) is 13.8. The van der Waals surface area contributed by atoms with Gasteiger partial charge in [-0.3, -0.25) is 9.36 Å². The average molecular weight is 333 g/mol. The lowest BCUT2D eigenvalue weighted by molar-refractivity contribution is 0.0756. The molecule has 2 aromatic rings. The summed E-state index contributed by atoms with van der Waals surface area (Å²) in [5, 5.41) is 3.73. The zero-order chi connectivity index (χ0) is 16.7. The Morgan fingerprint density at radius 1 is 1.35 bits per heavy atom. The molecule has 1 heterocycles. The fraction of sp³-hybridized carbons (Fsp3) is 0.412. The molecule has 0 saturated heterocycles. The second-order valence-electron chi connectivity index (χ2n) is 5.33. The molecule has 1 amide bonds. The van der Waals surface area contributed by atoms with E-state index in [1.54, 1.807) is 6.20 Å². The molecule has 0 unspecified atom stereocenters. The number of thioether (sulfide) groups is 1. The number of carbonyl (C=O) groups excluding carboxylic acids is 1. The molecule has 1 aromatic carbocycles. The lowest BCUT2D eigenvalue weighted by Gasteiger charge is -2.11. The summed E-state index contributed by atoms with van der Waals surface area (Å²) in [7, 11) is 0. The SMILES string of the molecule is CSc1ncc(C(=O)NCCCOC(C)C)n1-c1ccccc1. The molecule has 6 heteroatoms. The van der Waals surface area contributed by atoms with Crippen LogP contribution in [0.5, 0.6) is 0 Å². The first-order chi connectivity index (χ1) is 11.1. The molecule has 0 aliphatic carbocycles. The summed E-state index contributed by atoms with van der Waals surface area (Å²) in [6, 6.07) is 9.78. The van der Waals surface area contributed by atoms with E-state index in [1.807, 2.05) is 55.0 Å². The number of amides is 1. The number of rotatable bonds is 8. The van der Waals surface area contributed by atoms with Gasteiger partial charge < -0.3 is 10.1 Å². The molecule has 23 heavy (non-hydrogen) atoms. The van der Waals surface area contributed by atoms with E-state index in [-0.39, 0.29) is 12.0 Å². The molecule has 0 saturated carbocycles. The fourth-order valence-electron chi connectivity index (χ4n) is 2.15. The molecule has 0 atom stereocenters. The van der Waals surface area contributed by atoms with E-state index in [0.717, 1.165) is 17.3 Å². The van der Waals surface area contributed by atoms with Crippen LogP contribution in [-0.4, -0.2) is 41.0 Å². The van der Waals surface area contributed by atoms with Crippen molar-refractivity contribution in [1.29, 1.82) is 0 Å². The first-order valence-electron chi connectivity index (χ1n) is 7.70. The van der Waals surface area contributed by atoms with Gasteiger partial charge in [-0.15, -0.1) is 0 Å². The Labute approximate surface area is 141 Å². The molecular weight excluding hydrogens is 310 g/mol. The number of nitrogens with one attached hydrogen (secondary N) is 1. The van der Waals surface area contributed by atoms with Gasteiger partial charge in [0.1, 0.15) is 5.69 Å². The summed E-state index contributed by atoms with van der Waals surface area (Å²) < 4.78 is 7.35. The standard InChI is InChI=1S/C17H23N3O2S/c1-13(2)22-11-7-10-18-16(21)15-12-19-17(23-3)20(15)14-8-5-4-6-9-14/h4-6,8-9,12-13H,7,10-11H2,1-3H3,(H,18,21). The highest BCUT2D eigenvalue weighted by Crippen LogP contribution is 2.21. The lowest BCUT2D eigenvalue weighted by Crippen LogP contribution is -2.27. The minimum Gasteiger partial charge on any atom is -0.379 e. The van der Waals surface area contributed by atoms with Crippen molar-refractivity contribution in [3.8, 4) is 5.69 Å². The number of ether oxygens (including phenoxy) is 1. The molecule has 1 aromatic heterocycles. The first kappa shape index (κ1) is 17.6. The Morgan fingerprint density at radius 3 is 2.74 bits per heavy atom. The third kappa shape index (κ3) is 4.84. The fourth-order valence-corrected chi connectivity index (χ4v) is 2.69. The van der Waals surface area contributed by atoms with Crippen LogP contribution in [0.3, 0.4) is 0 Å². The van der Waals surface area contributed by atoms with Gasteiger partial charge in [0.15, 0.2) is 5.16 Å². The van der Waals surface area contributed by atoms with Crippen molar-refractivity contribution in [2.24, 2.45) is 0 Å². The zero-order valence-corrected chi connectivity index (χ0v) is 14.6. The Kier molecular flexibility index (Phi) is 6.67. The van der Waals surface area contributed by atoms with Crippen LogP contribution < -0.4 is 5.32 Å². The van der Waals surface area contributed by atoms with Gasteiger partial charge in [0, 0.05) is 18.8 Å². The highest BCUT2D eigenvalue weighted by atomic mass is 32.2. The van der Waals surface area contributed by atoms with Crippen LogP contribution in [0.2, 0.25) is 0 Å². The first-order valence-corrected chi connectivity index (χ1v) is 8.93. The van der Waals surface area contributed by atoms with Gasteiger partial charge in [0.05, 0.1) is 12.3 Å². The van der Waals surface area contributed by atoms with Crippen LogP contribution in [0.25, 0.3) is 5.69 Å². The summed E-state index contributed by atoms with van der Waals surface area (Å²) in [5.74, 6) is -0.119. The largest absolute Gasteiger partial charge is 0.379 e. The summed E-state index contributed by atoms with van der Waals surface area (Å²) in [4.78, 5) is 16.8. The molecule has 0 aliphatic heterocycles. The number of hydrogen-bond donors (Lipinski definition) is 1. The molecule has 1 N–H and O–H groups in total. The highest BCUT2D eigenvalue weighted by molar-refractivity contribution is 7.98. The van der Waals surface area contributed by atoms with E-state index in [4.69, 9.17) is 4.74 Å². The molecule has 0 fully saturated rings. The topological polar surface area (TPSA) is 56.1 Å². The Balaban J connectivity index is 2.05. The second-order valence-corrected chi connectivity index (χ2v) is 6.10. The molecule has 5 nitrogen and oxygen atoms in total. The van der Waals surface area contributed by atoms with E-state index in [9.17, 15) is 4.79 Å². The van der Waals surface area contributed by atoms with Gasteiger partial charge >= 0.3 is 0 Å². The minimum atomic E-state index is -0.119. The van der Waals surface area contributed by atoms with E-state index in [0.29, 0.717) is 18.8 Å². The van der Waals surface area contributed by atoms with Crippen LogP contribution in [-0.2, 0) is 4.74 Å². The predicted octanol–water partition coefficient (Wildman–Crippen LogP) is 3.14. The van der Waals surface area contributed by atoms with Crippen molar-refractivity contribution >= 4 is 17.7 Å². The maximum Gasteiger partial charge on any atom is 0.269 e. The number of aromatic nitrogens is 2. The summed E-state index contributed by atoms with van der Waals surface area (Å²) in [6.45, 7) is 5.23. The quantitative estimate of drug-likeness (QED) is 0.596. The normalized spacial score (nSPS) is 11.0. The molecule has 0 spiro atoms. The van der Waals surface area contributed by atoms with Crippen molar-refractivity contribution in [2.45, 2.75) is 31.5 Å². The summed E-state index contributed by atoms with van der Waals surface area (Å²) in [5.41, 5.74) is 1.48. The second kappa shape index (κ2) is 8.74. The maximum absolute atomic E-state index is 12.4. The summed E-state index contributed by atoms with van der Waals surface area (Å²) >= 11 is 1.52. The van der Waals surface area contributed by atoms with Crippen LogP contribution in [0, 0.1) is 0 Å². The van der Waals surface area contributed by atoms with Crippen molar-refractivity contribution < 1.29 is 9.53 Å². The highest BCUT2D eigenvalue weighted by Gasteiger charge is 2.17. The van der Waals surface area contributed by atoms with Crippen molar-refractivity contribution in [1.82, 2.24) is 14.9 Å². The van der Waals surface area contributed by atoms with Gasteiger partial charge in [-0.2, -0.15) is 0 Å². The molecular formula is C17H23N3O2S. The molecule has 124 valence electrons. The Morgan fingerprint density at radius 2 is 2.09 bits per heavy atom. The van der Waals surface area contributed by atoms with E-state index in [2.05, 4.69) is 10.3 Å². The molecule has 0 bridgehead atoms. The third-order valence-corrected chi connectivity index (χ3v) is 3.87. The number of nitrogens with zero attached hydrogens (tertiary/aromatic N) is 2. The number of benzene rings is 1. The Bertz CT molecular complexity index is 626. The van der Waals surface area contributed by atoms with E-state index in [1.165, 1.54) is 11.8 Å². The number of imidazole rings is 1. The Hall–Kier alpha value is -1.79. The van der Waals surface area contributed by atoms with E-state index < -0.39 is 0 Å². The van der Waals surface area contributed by atoms with E-state index >= 15 is 0 Å². The van der Waals surface area contributed by atoms with Crippen LogP contribution in [0.15, 0.2) is 41.7 Å². The van der Waals surface area contributed by atoms with Crippen molar-refractivity contribution in [2.75, 3.05) is 19.4 Å². The van der Waals surface area contributed by atoms with Crippen molar-refractivity contribution in [3.05, 3.63) is 42.2 Å². The number of carbonyl (C=O) groups is 1. The third-order valence-electron chi connectivity index (χ3n) is 3.22. The average Bonchev–Trinajstić information content (AvgIpc) is 2.99. The predicted molar refractivity (Wildman–Crippen MR) is 93.4 cm³/mol.